The van der Waals surface area contributed by atoms with Crippen molar-refractivity contribution in [2.45, 2.75) is 58.0 Å². The maximum atomic E-state index is 9.56. The molecule has 1 aliphatic carbocycles. The molecule has 0 aromatic rings. The summed E-state index contributed by atoms with van der Waals surface area (Å²) in [5.74, 6) is 0.921. The van der Waals surface area contributed by atoms with Gasteiger partial charge in [-0.25, -0.2) is 0 Å². The maximum Gasteiger partial charge on any atom is 0.0773 e. The van der Waals surface area contributed by atoms with E-state index in [4.69, 9.17) is 4.74 Å². The van der Waals surface area contributed by atoms with E-state index in [0.717, 1.165) is 25.4 Å². The molecular weight excluding hydrogens is 176 g/mol. The first-order valence-electron chi connectivity index (χ1n) is 6.08. The summed E-state index contributed by atoms with van der Waals surface area (Å²) in [7, 11) is 0. The molecule has 0 radical (unpaired) electrons. The average Bonchev–Trinajstić information content (AvgIpc) is 2.98. The fraction of sp³-hybridized carbons (Fsp3) is 1.00. The molecule has 1 fully saturated rings. The van der Waals surface area contributed by atoms with Gasteiger partial charge in [-0.15, -0.1) is 0 Å². The molecule has 0 bridgehead atoms. The van der Waals surface area contributed by atoms with Gasteiger partial charge in [0, 0.05) is 6.61 Å². The highest BCUT2D eigenvalue weighted by atomic mass is 16.5. The molecule has 1 unspecified atom stereocenters. The van der Waals surface area contributed by atoms with Crippen LogP contribution in [0.1, 0.15) is 51.9 Å². The minimum absolute atomic E-state index is 0.225. The molecule has 1 atom stereocenters. The van der Waals surface area contributed by atoms with Gasteiger partial charge in [-0.3, -0.25) is 0 Å². The van der Waals surface area contributed by atoms with Gasteiger partial charge in [0.15, 0.2) is 0 Å². The quantitative estimate of drug-likeness (QED) is 0.580. The zero-order chi connectivity index (χ0) is 10.2. The van der Waals surface area contributed by atoms with Gasteiger partial charge in [0.1, 0.15) is 0 Å². The van der Waals surface area contributed by atoms with Crippen molar-refractivity contribution in [3.8, 4) is 0 Å². The Morgan fingerprint density at radius 3 is 2.79 bits per heavy atom. The molecule has 84 valence electrons. The Kier molecular flexibility index (Phi) is 6.20. The molecule has 1 rings (SSSR count). The lowest BCUT2D eigenvalue weighted by atomic mass is 10.1. The van der Waals surface area contributed by atoms with Crippen LogP contribution in [0.5, 0.6) is 0 Å². The Labute approximate surface area is 87.7 Å². The van der Waals surface area contributed by atoms with E-state index in [1.54, 1.807) is 0 Å². The van der Waals surface area contributed by atoms with Crippen molar-refractivity contribution in [2.75, 3.05) is 13.2 Å². The monoisotopic (exact) mass is 200 g/mol. The number of rotatable bonds is 9. The maximum absolute atomic E-state index is 9.56. The van der Waals surface area contributed by atoms with Crippen LogP contribution in [-0.4, -0.2) is 24.4 Å². The van der Waals surface area contributed by atoms with Crippen LogP contribution in [0, 0.1) is 5.92 Å². The Morgan fingerprint density at radius 1 is 1.36 bits per heavy atom. The number of aliphatic hydroxyl groups is 1. The molecule has 0 saturated heterocycles. The van der Waals surface area contributed by atoms with Crippen LogP contribution in [0.2, 0.25) is 0 Å². The highest BCUT2D eigenvalue weighted by Gasteiger charge is 2.21. The van der Waals surface area contributed by atoms with Gasteiger partial charge >= 0.3 is 0 Å². The third-order valence-corrected chi connectivity index (χ3v) is 2.81. The van der Waals surface area contributed by atoms with Crippen molar-refractivity contribution in [2.24, 2.45) is 5.92 Å². The summed E-state index contributed by atoms with van der Waals surface area (Å²) in [5, 5.41) is 9.56. The largest absolute Gasteiger partial charge is 0.391 e. The van der Waals surface area contributed by atoms with Crippen molar-refractivity contribution >= 4 is 0 Å². The van der Waals surface area contributed by atoms with Crippen molar-refractivity contribution in [3.63, 3.8) is 0 Å². The fourth-order valence-electron chi connectivity index (χ4n) is 1.59. The van der Waals surface area contributed by atoms with Gasteiger partial charge in [-0.2, -0.15) is 0 Å². The van der Waals surface area contributed by atoms with E-state index in [-0.39, 0.29) is 6.10 Å². The van der Waals surface area contributed by atoms with Crippen molar-refractivity contribution < 1.29 is 9.84 Å². The molecule has 0 aliphatic heterocycles. The highest BCUT2D eigenvalue weighted by molar-refractivity contribution is 4.74. The van der Waals surface area contributed by atoms with Crippen molar-refractivity contribution in [3.05, 3.63) is 0 Å². The van der Waals surface area contributed by atoms with Gasteiger partial charge in [0.05, 0.1) is 12.7 Å². The third kappa shape index (κ3) is 6.39. The van der Waals surface area contributed by atoms with Crippen LogP contribution in [0.15, 0.2) is 0 Å². The van der Waals surface area contributed by atoms with Crippen molar-refractivity contribution in [1.82, 2.24) is 0 Å². The van der Waals surface area contributed by atoms with Crippen LogP contribution in [0.4, 0.5) is 0 Å². The number of hydrogen-bond acceptors (Lipinski definition) is 2. The summed E-state index contributed by atoms with van der Waals surface area (Å²) in [4.78, 5) is 0. The summed E-state index contributed by atoms with van der Waals surface area (Å²) >= 11 is 0. The topological polar surface area (TPSA) is 29.5 Å². The summed E-state index contributed by atoms with van der Waals surface area (Å²) in [5.41, 5.74) is 0. The first kappa shape index (κ1) is 12.0. The molecular formula is C12H24O2. The van der Waals surface area contributed by atoms with E-state index >= 15 is 0 Å². The smallest absolute Gasteiger partial charge is 0.0773 e. The van der Waals surface area contributed by atoms with E-state index < -0.39 is 0 Å². The molecule has 14 heavy (non-hydrogen) atoms. The van der Waals surface area contributed by atoms with Gasteiger partial charge in [0.2, 0.25) is 0 Å². The summed E-state index contributed by atoms with van der Waals surface area (Å²) in [6.07, 6.45) is 8.25. The lowest BCUT2D eigenvalue weighted by Gasteiger charge is -2.10. The summed E-state index contributed by atoms with van der Waals surface area (Å²) in [6.45, 7) is 3.54. The Bertz CT molecular complexity index is 132. The highest BCUT2D eigenvalue weighted by Crippen LogP contribution is 2.33. The van der Waals surface area contributed by atoms with E-state index in [1.165, 1.54) is 32.1 Å². The predicted molar refractivity (Wildman–Crippen MR) is 58.3 cm³/mol. The second-order valence-corrected chi connectivity index (χ2v) is 4.46. The van der Waals surface area contributed by atoms with Gasteiger partial charge in [-0.05, 0) is 25.2 Å². The Balaban J connectivity index is 1.79. The fourth-order valence-corrected chi connectivity index (χ4v) is 1.59. The van der Waals surface area contributed by atoms with E-state index in [2.05, 4.69) is 6.92 Å². The molecule has 1 aliphatic rings. The number of unbranched alkanes of at least 4 members (excludes halogenated alkanes) is 2. The molecule has 2 nitrogen and oxygen atoms in total. The molecule has 0 heterocycles. The molecule has 0 aromatic heterocycles. The minimum Gasteiger partial charge on any atom is -0.391 e. The van der Waals surface area contributed by atoms with Crippen LogP contribution < -0.4 is 0 Å². The van der Waals surface area contributed by atoms with Gasteiger partial charge in [0.25, 0.3) is 0 Å². The van der Waals surface area contributed by atoms with Gasteiger partial charge < -0.3 is 9.84 Å². The minimum atomic E-state index is -0.225. The zero-order valence-corrected chi connectivity index (χ0v) is 9.37. The van der Waals surface area contributed by atoms with E-state index in [0.29, 0.717) is 6.61 Å². The van der Waals surface area contributed by atoms with Crippen LogP contribution >= 0.6 is 0 Å². The van der Waals surface area contributed by atoms with E-state index in [9.17, 15) is 5.11 Å². The summed E-state index contributed by atoms with van der Waals surface area (Å²) < 4.78 is 5.40. The molecule has 2 heteroatoms. The number of ether oxygens (including phenoxy) is 1. The first-order chi connectivity index (χ1) is 6.83. The second kappa shape index (κ2) is 7.24. The van der Waals surface area contributed by atoms with Crippen LogP contribution in [-0.2, 0) is 4.74 Å². The standard InChI is InChI=1S/C12H24O2/c1-2-3-4-9-14-10-12(13)8-7-11-5-6-11/h11-13H,2-10H2,1H3. The predicted octanol–water partition coefficient (Wildman–Crippen LogP) is 2.74. The molecule has 0 aromatic carbocycles. The lowest BCUT2D eigenvalue weighted by Crippen LogP contribution is -2.15. The van der Waals surface area contributed by atoms with Gasteiger partial charge in [-0.1, -0.05) is 32.6 Å². The van der Waals surface area contributed by atoms with Crippen LogP contribution in [0.25, 0.3) is 0 Å². The average molecular weight is 200 g/mol. The molecule has 0 spiro atoms. The second-order valence-electron chi connectivity index (χ2n) is 4.46. The Morgan fingerprint density at radius 2 is 2.14 bits per heavy atom. The first-order valence-corrected chi connectivity index (χ1v) is 6.08. The lowest BCUT2D eigenvalue weighted by molar-refractivity contribution is 0.0295. The Hall–Kier alpha value is -0.0800. The number of aliphatic hydroxyl groups excluding tert-OH is 1. The molecule has 0 amide bonds. The normalized spacial score (nSPS) is 18.4. The number of hydrogen-bond donors (Lipinski definition) is 1. The van der Waals surface area contributed by atoms with E-state index in [1.807, 2.05) is 0 Å². The SMILES string of the molecule is CCCCCOCC(O)CCC1CC1. The third-order valence-electron chi connectivity index (χ3n) is 2.81. The van der Waals surface area contributed by atoms with Crippen molar-refractivity contribution in [1.29, 1.82) is 0 Å². The molecule has 1 N–H and O–H groups in total. The zero-order valence-electron chi connectivity index (χ0n) is 9.37. The summed E-state index contributed by atoms with van der Waals surface area (Å²) in [6, 6.07) is 0. The van der Waals surface area contributed by atoms with Crippen LogP contribution in [0.3, 0.4) is 0 Å². The molecule has 1 saturated carbocycles.